The number of methoxy groups -OCH3 is 1. The Morgan fingerprint density at radius 3 is 2.59 bits per heavy atom. The zero-order valence-electron chi connectivity index (χ0n) is 19.3. The van der Waals surface area contributed by atoms with Crippen LogP contribution in [0.2, 0.25) is 0 Å². The molecule has 1 amide bonds. The second kappa shape index (κ2) is 8.69. The first-order valence-corrected chi connectivity index (χ1v) is 11.1. The summed E-state index contributed by atoms with van der Waals surface area (Å²) in [4.78, 5) is 30.5. The Bertz CT molecular complexity index is 1180. The van der Waals surface area contributed by atoms with Gasteiger partial charge in [0, 0.05) is 41.7 Å². The Balaban J connectivity index is 1.56. The van der Waals surface area contributed by atoms with Crippen molar-refractivity contribution in [3.05, 3.63) is 64.3 Å². The first kappa shape index (κ1) is 21.9. The van der Waals surface area contributed by atoms with Crippen molar-refractivity contribution in [2.75, 3.05) is 13.7 Å². The Morgan fingerprint density at radius 2 is 1.88 bits per heavy atom. The van der Waals surface area contributed by atoms with Crippen LogP contribution >= 0.6 is 0 Å². The molecule has 2 heterocycles. The molecule has 1 atom stereocenters. The summed E-state index contributed by atoms with van der Waals surface area (Å²) in [5.74, 6) is 0.672. The molecule has 0 bridgehead atoms. The molecule has 0 saturated carbocycles. The number of rotatable bonds is 5. The maximum absolute atomic E-state index is 13.3. The van der Waals surface area contributed by atoms with Crippen LogP contribution in [0.15, 0.2) is 36.4 Å². The van der Waals surface area contributed by atoms with Crippen LogP contribution in [0.1, 0.15) is 59.4 Å². The predicted octanol–water partition coefficient (Wildman–Crippen LogP) is 4.74. The highest BCUT2D eigenvalue weighted by molar-refractivity contribution is 5.96. The van der Waals surface area contributed by atoms with Gasteiger partial charge in [0.2, 0.25) is 0 Å². The van der Waals surface area contributed by atoms with Crippen molar-refractivity contribution in [3.8, 4) is 5.75 Å². The smallest absolute Gasteiger partial charge is 0.337 e. The monoisotopic (exact) mass is 434 g/mol. The maximum Gasteiger partial charge on any atom is 0.337 e. The molecular formula is C26H30N2O4. The number of hydrogen-bond donors (Lipinski definition) is 1. The van der Waals surface area contributed by atoms with Gasteiger partial charge in [-0.1, -0.05) is 26.0 Å². The van der Waals surface area contributed by atoms with E-state index in [0.717, 1.165) is 45.5 Å². The van der Waals surface area contributed by atoms with Gasteiger partial charge in [0.15, 0.2) is 6.10 Å². The van der Waals surface area contributed by atoms with Gasteiger partial charge >= 0.3 is 5.97 Å². The van der Waals surface area contributed by atoms with Gasteiger partial charge in [-0.25, -0.2) is 4.79 Å². The van der Waals surface area contributed by atoms with Crippen LogP contribution < -0.4 is 4.74 Å². The van der Waals surface area contributed by atoms with E-state index < -0.39 is 6.10 Å². The van der Waals surface area contributed by atoms with Gasteiger partial charge in [0.25, 0.3) is 5.91 Å². The molecule has 0 aliphatic carbocycles. The van der Waals surface area contributed by atoms with E-state index in [1.165, 1.54) is 7.11 Å². The van der Waals surface area contributed by atoms with Crippen LogP contribution in [-0.4, -0.2) is 41.5 Å². The third-order valence-corrected chi connectivity index (χ3v) is 6.15. The molecule has 3 aromatic rings. The van der Waals surface area contributed by atoms with Crippen molar-refractivity contribution in [2.45, 2.75) is 52.7 Å². The third kappa shape index (κ3) is 4.09. The Morgan fingerprint density at radius 1 is 1.09 bits per heavy atom. The van der Waals surface area contributed by atoms with Crippen LogP contribution in [0, 0.1) is 6.92 Å². The van der Waals surface area contributed by atoms with Gasteiger partial charge in [-0.15, -0.1) is 0 Å². The Kier molecular flexibility index (Phi) is 5.96. The van der Waals surface area contributed by atoms with E-state index in [4.69, 9.17) is 9.47 Å². The summed E-state index contributed by atoms with van der Waals surface area (Å²) in [6.45, 7) is 9.19. The Labute approximate surface area is 188 Å². The summed E-state index contributed by atoms with van der Waals surface area (Å²) >= 11 is 0. The minimum atomic E-state index is -0.591. The number of benzene rings is 2. The van der Waals surface area contributed by atoms with Crippen molar-refractivity contribution in [1.29, 1.82) is 0 Å². The van der Waals surface area contributed by atoms with Crippen LogP contribution in [0.3, 0.4) is 0 Å². The molecule has 1 aliphatic heterocycles. The number of H-pyrrole nitrogens is 1. The molecule has 2 aromatic carbocycles. The summed E-state index contributed by atoms with van der Waals surface area (Å²) in [6, 6.07) is 11.6. The highest BCUT2D eigenvalue weighted by Crippen LogP contribution is 2.31. The lowest BCUT2D eigenvalue weighted by atomic mass is 10.0. The fourth-order valence-electron chi connectivity index (χ4n) is 4.37. The number of esters is 1. The molecule has 0 radical (unpaired) electrons. The average molecular weight is 435 g/mol. The van der Waals surface area contributed by atoms with E-state index in [-0.39, 0.29) is 11.9 Å². The van der Waals surface area contributed by atoms with E-state index in [0.29, 0.717) is 24.6 Å². The quantitative estimate of drug-likeness (QED) is 0.589. The lowest BCUT2D eigenvalue weighted by molar-refractivity contribution is -0.138. The number of ether oxygens (including phenoxy) is 2. The zero-order chi connectivity index (χ0) is 23.0. The summed E-state index contributed by atoms with van der Waals surface area (Å²) in [6.07, 6.45) is 0.143. The third-order valence-electron chi connectivity index (χ3n) is 6.15. The molecular weight excluding hydrogens is 404 g/mol. The molecule has 1 unspecified atom stereocenters. The van der Waals surface area contributed by atoms with Crippen molar-refractivity contribution < 1.29 is 19.1 Å². The molecule has 0 saturated heterocycles. The van der Waals surface area contributed by atoms with Gasteiger partial charge in [-0.3, -0.25) is 4.79 Å². The van der Waals surface area contributed by atoms with E-state index >= 15 is 0 Å². The molecule has 0 fully saturated rings. The van der Waals surface area contributed by atoms with Crippen LogP contribution in [0.5, 0.6) is 5.75 Å². The molecule has 6 nitrogen and oxygen atoms in total. The summed E-state index contributed by atoms with van der Waals surface area (Å²) < 4.78 is 11.0. The van der Waals surface area contributed by atoms with Crippen molar-refractivity contribution in [2.24, 2.45) is 0 Å². The average Bonchev–Trinajstić information content (AvgIpc) is 3.14. The summed E-state index contributed by atoms with van der Waals surface area (Å²) in [5, 5.41) is 0.953. The van der Waals surface area contributed by atoms with Crippen molar-refractivity contribution in [1.82, 2.24) is 9.88 Å². The van der Waals surface area contributed by atoms with Crippen molar-refractivity contribution >= 4 is 22.8 Å². The number of fused-ring (bicyclic) bond motifs is 3. The van der Waals surface area contributed by atoms with E-state index in [1.807, 2.05) is 36.9 Å². The number of hydrogen-bond acceptors (Lipinski definition) is 4. The number of nitrogens with one attached hydrogen (secondary N) is 1. The van der Waals surface area contributed by atoms with E-state index in [2.05, 4.69) is 31.0 Å². The minimum Gasteiger partial charge on any atom is -0.481 e. The normalized spacial score (nSPS) is 14.4. The van der Waals surface area contributed by atoms with Crippen LogP contribution in [0.25, 0.3) is 10.9 Å². The summed E-state index contributed by atoms with van der Waals surface area (Å²) in [5.41, 5.74) is 5.83. The van der Waals surface area contributed by atoms with Gasteiger partial charge < -0.3 is 19.4 Å². The van der Waals surface area contributed by atoms with Gasteiger partial charge in [0.1, 0.15) is 5.75 Å². The fourth-order valence-corrected chi connectivity index (χ4v) is 4.37. The molecule has 168 valence electrons. The lowest BCUT2D eigenvalue weighted by Gasteiger charge is -2.30. The highest BCUT2D eigenvalue weighted by Gasteiger charge is 2.29. The van der Waals surface area contributed by atoms with Crippen LogP contribution in [0.4, 0.5) is 0 Å². The van der Waals surface area contributed by atoms with E-state index in [9.17, 15) is 9.59 Å². The molecule has 32 heavy (non-hydrogen) atoms. The van der Waals surface area contributed by atoms with Gasteiger partial charge in [-0.05, 0) is 55.2 Å². The number of aryl methyl sites for hydroxylation is 1. The second-order valence-electron chi connectivity index (χ2n) is 8.80. The number of nitrogens with zero attached hydrogens (tertiary/aromatic N) is 1. The standard InChI is InChI=1S/C26H30N2O4/c1-15(2)19-8-6-16(3)12-24(19)32-17(4)25(29)28-11-10-23-21(14-28)20-13-18(26(30)31-5)7-9-22(20)27-23/h6-9,12-13,15,17,27H,10-11,14H2,1-5H3. The molecule has 6 heteroatoms. The number of aromatic amines is 1. The minimum absolute atomic E-state index is 0.0367. The van der Waals surface area contributed by atoms with Crippen molar-refractivity contribution in [3.63, 3.8) is 0 Å². The summed E-state index contributed by atoms with van der Waals surface area (Å²) in [7, 11) is 1.37. The fraction of sp³-hybridized carbons (Fsp3) is 0.385. The zero-order valence-corrected chi connectivity index (χ0v) is 19.3. The second-order valence-corrected chi connectivity index (χ2v) is 8.80. The number of aromatic nitrogens is 1. The first-order chi connectivity index (χ1) is 15.3. The van der Waals surface area contributed by atoms with Crippen LogP contribution in [-0.2, 0) is 22.5 Å². The number of carbonyl (C=O) groups excluding carboxylic acids is 2. The molecule has 1 N–H and O–H groups in total. The Hall–Kier alpha value is -3.28. The van der Waals surface area contributed by atoms with Gasteiger partial charge in [-0.2, -0.15) is 0 Å². The number of carbonyl (C=O) groups is 2. The topological polar surface area (TPSA) is 71.6 Å². The SMILES string of the molecule is COC(=O)c1ccc2[nH]c3c(c2c1)CN(C(=O)C(C)Oc1cc(C)ccc1C(C)C)CC3. The molecule has 0 spiro atoms. The molecule has 4 rings (SSSR count). The number of amides is 1. The van der Waals surface area contributed by atoms with Gasteiger partial charge in [0.05, 0.1) is 12.7 Å². The lowest BCUT2D eigenvalue weighted by Crippen LogP contribution is -2.43. The molecule has 1 aromatic heterocycles. The largest absolute Gasteiger partial charge is 0.481 e. The van der Waals surface area contributed by atoms with E-state index in [1.54, 1.807) is 6.07 Å². The predicted molar refractivity (Wildman–Crippen MR) is 124 cm³/mol. The maximum atomic E-state index is 13.3. The highest BCUT2D eigenvalue weighted by atomic mass is 16.5. The molecule has 1 aliphatic rings. The first-order valence-electron chi connectivity index (χ1n) is 11.1.